The van der Waals surface area contributed by atoms with Gasteiger partial charge in [-0.2, -0.15) is 4.98 Å². The third-order valence-corrected chi connectivity index (χ3v) is 6.58. The van der Waals surface area contributed by atoms with E-state index in [1.807, 2.05) is 4.90 Å². The maximum absolute atomic E-state index is 13.3. The zero-order valence-corrected chi connectivity index (χ0v) is 18.7. The number of carbonyl (C=O) groups is 2. The molecule has 1 aliphatic rings. The summed E-state index contributed by atoms with van der Waals surface area (Å²) in [5.41, 5.74) is 0.240. The Balaban J connectivity index is 1.51. The smallest absolute Gasteiger partial charge is 0.273 e. The molecule has 1 saturated heterocycles. The van der Waals surface area contributed by atoms with Crippen molar-refractivity contribution in [2.75, 3.05) is 30.4 Å². The molecule has 3 aromatic rings. The van der Waals surface area contributed by atoms with Gasteiger partial charge in [0.1, 0.15) is 23.4 Å². The van der Waals surface area contributed by atoms with Gasteiger partial charge in [-0.15, -0.1) is 0 Å². The SMILES string of the molecule is CNC(=O)C1CCCN(c2nc3ncn(CC(=O)Nc4ccc(F)c(Cl)c4)c(=O)c3s2)C1. The molecular weight excluding hydrogens is 459 g/mol. The highest BCUT2D eigenvalue weighted by Gasteiger charge is 2.27. The number of carbonyl (C=O) groups excluding carboxylic acids is 2. The Bertz CT molecular complexity index is 1250. The van der Waals surface area contributed by atoms with Gasteiger partial charge < -0.3 is 15.5 Å². The fourth-order valence-electron chi connectivity index (χ4n) is 3.58. The number of thiazole rings is 1. The van der Waals surface area contributed by atoms with Crippen molar-refractivity contribution in [2.45, 2.75) is 19.4 Å². The average molecular weight is 479 g/mol. The molecule has 12 heteroatoms. The summed E-state index contributed by atoms with van der Waals surface area (Å²) in [7, 11) is 1.62. The van der Waals surface area contributed by atoms with E-state index in [2.05, 4.69) is 20.6 Å². The largest absolute Gasteiger partial charge is 0.359 e. The third kappa shape index (κ3) is 4.58. The highest BCUT2D eigenvalue weighted by molar-refractivity contribution is 7.22. The number of nitrogens with zero attached hydrogens (tertiary/aromatic N) is 4. The highest BCUT2D eigenvalue weighted by Crippen LogP contribution is 2.29. The van der Waals surface area contributed by atoms with Crippen LogP contribution in [0.5, 0.6) is 0 Å². The Morgan fingerprint density at radius 1 is 1.38 bits per heavy atom. The van der Waals surface area contributed by atoms with Crippen molar-refractivity contribution in [3.63, 3.8) is 0 Å². The second kappa shape index (κ2) is 9.21. The van der Waals surface area contributed by atoms with Crippen LogP contribution in [-0.4, -0.2) is 46.5 Å². The molecule has 9 nitrogen and oxygen atoms in total. The number of amides is 2. The Morgan fingerprint density at radius 2 is 2.19 bits per heavy atom. The minimum atomic E-state index is -0.591. The summed E-state index contributed by atoms with van der Waals surface area (Å²) in [6, 6.07) is 3.81. The summed E-state index contributed by atoms with van der Waals surface area (Å²) < 4.78 is 14.8. The Hall–Kier alpha value is -3.05. The van der Waals surface area contributed by atoms with Gasteiger partial charge in [-0.25, -0.2) is 9.37 Å². The standard InChI is InChI=1S/C20H20ClFN6O3S/c1-23-18(30)11-3-2-6-27(8-11)20-26-17-16(32-20)19(31)28(10-24-17)9-15(29)25-12-4-5-14(22)13(21)7-12/h4-5,7,10-11H,2-3,6,8-9H2,1H3,(H,23,30)(H,25,29). The van der Waals surface area contributed by atoms with Crippen LogP contribution >= 0.6 is 22.9 Å². The number of nitrogens with one attached hydrogen (secondary N) is 2. The number of aromatic nitrogens is 3. The molecule has 2 amide bonds. The number of anilines is 2. The van der Waals surface area contributed by atoms with Crippen molar-refractivity contribution < 1.29 is 14.0 Å². The van der Waals surface area contributed by atoms with Crippen LogP contribution in [0.3, 0.4) is 0 Å². The molecule has 0 saturated carbocycles. The summed E-state index contributed by atoms with van der Waals surface area (Å²) >= 11 is 6.92. The molecular formula is C20H20ClFN6O3S. The van der Waals surface area contributed by atoms with Gasteiger partial charge in [0.15, 0.2) is 10.8 Å². The molecule has 0 radical (unpaired) electrons. The van der Waals surface area contributed by atoms with Crippen LogP contribution in [0.2, 0.25) is 5.02 Å². The lowest BCUT2D eigenvalue weighted by atomic mass is 9.98. The van der Waals surface area contributed by atoms with Gasteiger partial charge in [-0.3, -0.25) is 19.0 Å². The quantitative estimate of drug-likeness (QED) is 0.582. The van der Waals surface area contributed by atoms with Crippen LogP contribution in [0, 0.1) is 11.7 Å². The van der Waals surface area contributed by atoms with E-state index in [4.69, 9.17) is 11.6 Å². The number of halogens is 2. The Kier molecular flexibility index (Phi) is 6.38. The number of fused-ring (bicyclic) bond motifs is 1. The average Bonchev–Trinajstić information content (AvgIpc) is 3.23. The van der Waals surface area contributed by atoms with Gasteiger partial charge in [0.25, 0.3) is 5.56 Å². The summed E-state index contributed by atoms with van der Waals surface area (Å²) in [4.78, 5) is 47.9. The van der Waals surface area contributed by atoms with Gasteiger partial charge in [0, 0.05) is 25.8 Å². The number of hydrogen-bond acceptors (Lipinski definition) is 7. The molecule has 0 bridgehead atoms. The van der Waals surface area contributed by atoms with Crippen molar-refractivity contribution in [3.05, 3.63) is 45.7 Å². The normalized spacial score (nSPS) is 16.2. The topological polar surface area (TPSA) is 109 Å². The van der Waals surface area contributed by atoms with Crippen molar-refractivity contribution in [3.8, 4) is 0 Å². The van der Waals surface area contributed by atoms with E-state index in [0.29, 0.717) is 27.7 Å². The van der Waals surface area contributed by atoms with Crippen LogP contribution in [0.15, 0.2) is 29.3 Å². The Morgan fingerprint density at radius 3 is 2.94 bits per heavy atom. The van der Waals surface area contributed by atoms with Crippen molar-refractivity contribution in [1.82, 2.24) is 19.9 Å². The van der Waals surface area contributed by atoms with Crippen LogP contribution in [0.4, 0.5) is 15.2 Å². The van der Waals surface area contributed by atoms with Crippen LogP contribution in [0.1, 0.15) is 12.8 Å². The first-order valence-electron chi connectivity index (χ1n) is 9.93. The van der Waals surface area contributed by atoms with Gasteiger partial charge in [-0.1, -0.05) is 22.9 Å². The van der Waals surface area contributed by atoms with Crippen LogP contribution in [-0.2, 0) is 16.1 Å². The molecule has 3 heterocycles. The maximum atomic E-state index is 13.3. The molecule has 0 aliphatic carbocycles. The summed E-state index contributed by atoms with van der Waals surface area (Å²) in [6.45, 7) is 0.993. The number of hydrogen-bond donors (Lipinski definition) is 2. The molecule has 168 valence electrons. The summed E-state index contributed by atoms with van der Waals surface area (Å²) in [5, 5.41) is 5.77. The second-order valence-electron chi connectivity index (χ2n) is 7.40. The highest BCUT2D eigenvalue weighted by atomic mass is 35.5. The molecule has 1 fully saturated rings. The van der Waals surface area contributed by atoms with Crippen molar-refractivity contribution in [1.29, 1.82) is 0 Å². The first kappa shape index (κ1) is 22.2. The zero-order valence-electron chi connectivity index (χ0n) is 17.1. The van der Waals surface area contributed by atoms with Gasteiger partial charge in [0.05, 0.1) is 10.9 Å². The van der Waals surface area contributed by atoms with Gasteiger partial charge in [0.2, 0.25) is 11.8 Å². The zero-order chi connectivity index (χ0) is 22.8. The minimum Gasteiger partial charge on any atom is -0.359 e. The van der Waals surface area contributed by atoms with E-state index in [1.54, 1.807) is 7.05 Å². The number of benzene rings is 1. The van der Waals surface area contributed by atoms with Crippen LogP contribution in [0.25, 0.3) is 10.3 Å². The van der Waals surface area contributed by atoms with Crippen molar-refractivity contribution in [2.24, 2.45) is 5.92 Å². The molecule has 4 rings (SSSR count). The number of rotatable bonds is 5. The van der Waals surface area contributed by atoms with E-state index in [1.165, 1.54) is 34.4 Å². The lowest BCUT2D eigenvalue weighted by molar-refractivity contribution is -0.124. The minimum absolute atomic E-state index is 0.00949. The predicted molar refractivity (Wildman–Crippen MR) is 121 cm³/mol. The third-order valence-electron chi connectivity index (χ3n) is 5.20. The molecule has 1 aromatic carbocycles. The van der Waals surface area contributed by atoms with E-state index in [-0.39, 0.29) is 29.0 Å². The molecule has 32 heavy (non-hydrogen) atoms. The monoisotopic (exact) mass is 478 g/mol. The lowest BCUT2D eigenvalue weighted by Crippen LogP contribution is -2.42. The predicted octanol–water partition coefficient (Wildman–Crippen LogP) is 2.25. The van der Waals surface area contributed by atoms with E-state index < -0.39 is 11.7 Å². The number of piperidine rings is 1. The maximum Gasteiger partial charge on any atom is 0.273 e. The molecule has 1 aliphatic heterocycles. The fraction of sp³-hybridized carbons (Fsp3) is 0.350. The molecule has 1 unspecified atom stereocenters. The summed E-state index contributed by atoms with van der Waals surface area (Å²) in [6.07, 6.45) is 2.93. The van der Waals surface area contributed by atoms with E-state index in [0.717, 1.165) is 25.5 Å². The van der Waals surface area contributed by atoms with E-state index >= 15 is 0 Å². The van der Waals surface area contributed by atoms with Gasteiger partial charge in [-0.05, 0) is 31.0 Å². The molecule has 2 N–H and O–H groups in total. The molecule has 1 atom stereocenters. The lowest BCUT2D eigenvalue weighted by Gasteiger charge is -2.31. The first-order chi connectivity index (χ1) is 15.4. The Labute approximate surface area is 191 Å². The van der Waals surface area contributed by atoms with E-state index in [9.17, 15) is 18.8 Å². The fourth-order valence-corrected chi connectivity index (χ4v) is 4.77. The van der Waals surface area contributed by atoms with Crippen molar-refractivity contribution >= 4 is 55.9 Å². The first-order valence-corrected chi connectivity index (χ1v) is 11.1. The van der Waals surface area contributed by atoms with Crippen LogP contribution < -0.4 is 21.1 Å². The second-order valence-corrected chi connectivity index (χ2v) is 8.79. The molecule has 2 aromatic heterocycles. The van der Waals surface area contributed by atoms with Gasteiger partial charge >= 0.3 is 0 Å². The summed E-state index contributed by atoms with van der Waals surface area (Å²) in [5.74, 6) is -1.21. The molecule has 0 spiro atoms.